The highest BCUT2D eigenvalue weighted by molar-refractivity contribution is 9.10. The molecule has 0 amide bonds. The number of rotatable bonds is 5. The first-order valence-corrected chi connectivity index (χ1v) is 10.8. The largest absolute Gasteiger partial charge is 0.507 e. The van der Waals surface area contributed by atoms with Crippen LogP contribution in [-0.4, -0.2) is 28.2 Å². The summed E-state index contributed by atoms with van der Waals surface area (Å²) in [6.45, 7) is 0. The lowest BCUT2D eigenvalue weighted by Gasteiger charge is -2.12. The van der Waals surface area contributed by atoms with E-state index in [0.29, 0.717) is 0 Å². The first-order valence-electron chi connectivity index (χ1n) is 6.26. The van der Waals surface area contributed by atoms with Gasteiger partial charge >= 0.3 is 0 Å². The van der Waals surface area contributed by atoms with E-state index in [9.17, 15) is 21.9 Å². The molecule has 7 nitrogen and oxygen atoms in total. The Balaban J connectivity index is 2.37. The lowest BCUT2D eigenvalue weighted by atomic mass is 10.3. The average Bonchev–Trinajstić information content (AvgIpc) is 2.40. The number of hydrogen-bond acceptors (Lipinski definition) is 5. The topological polar surface area (TPSA) is 113 Å². The highest BCUT2D eigenvalue weighted by atomic mass is 79.9. The number of hydrogen-bond donors (Lipinski definition) is 3. The molecule has 3 N–H and O–H groups in total. The Labute approximate surface area is 152 Å². The fourth-order valence-corrected chi connectivity index (χ4v) is 4.42. The molecule has 2 aromatic rings. The molecule has 0 saturated carbocycles. The number of anilines is 2. The lowest BCUT2D eigenvalue weighted by molar-refractivity contribution is 0.470. The zero-order chi connectivity index (χ0) is 18.1. The van der Waals surface area contributed by atoms with Gasteiger partial charge in [0.15, 0.2) is 0 Å². The van der Waals surface area contributed by atoms with Gasteiger partial charge in [-0.1, -0.05) is 17.7 Å². The van der Waals surface area contributed by atoms with E-state index < -0.39 is 20.0 Å². The summed E-state index contributed by atoms with van der Waals surface area (Å²) in [5, 5.41) is 9.57. The molecule has 0 radical (unpaired) electrons. The maximum Gasteiger partial charge on any atom is 0.263 e. The third-order valence-corrected chi connectivity index (χ3v) is 5.80. The van der Waals surface area contributed by atoms with E-state index in [1.54, 1.807) is 0 Å². The second-order valence-electron chi connectivity index (χ2n) is 4.79. The Kier molecular flexibility index (Phi) is 5.33. The van der Waals surface area contributed by atoms with Gasteiger partial charge in [0.2, 0.25) is 10.0 Å². The summed E-state index contributed by atoms with van der Waals surface area (Å²) in [4.78, 5) is -0.314. The van der Waals surface area contributed by atoms with Crippen LogP contribution >= 0.6 is 27.5 Å². The number of sulfonamides is 2. The molecular weight excluding hydrogens is 444 g/mol. The SMILES string of the molecule is CS(=O)(=O)Nc1cccc(NS(=O)(=O)c2cc(O)c(Br)cc2Cl)c1. The van der Waals surface area contributed by atoms with E-state index in [2.05, 4.69) is 25.4 Å². The molecule has 24 heavy (non-hydrogen) atoms. The van der Waals surface area contributed by atoms with Gasteiger partial charge in [-0.2, -0.15) is 0 Å². The van der Waals surface area contributed by atoms with Crippen molar-refractivity contribution >= 4 is 59.0 Å². The van der Waals surface area contributed by atoms with Crippen LogP contribution in [0.5, 0.6) is 5.75 Å². The molecule has 0 bridgehead atoms. The van der Waals surface area contributed by atoms with Crippen LogP contribution in [0.4, 0.5) is 11.4 Å². The summed E-state index contributed by atoms with van der Waals surface area (Å²) in [5.74, 6) is -0.285. The first-order chi connectivity index (χ1) is 11.0. The highest BCUT2D eigenvalue weighted by Gasteiger charge is 2.20. The lowest BCUT2D eigenvalue weighted by Crippen LogP contribution is -2.14. The van der Waals surface area contributed by atoms with Crippen LogP contribution in [0.2, 0.25) is 5.02 Å². The fourth-order valence-electron chi connectivity index (χ4n) is 1.79. The molecule has 130 valence electrons. The standard InChI is InChI=1S/C13H12BrClN2O5S2/c1-23(19,20)16-8-3-2-4-9(5-8)17-24(21,22)13-7-12(18)10(14)6-11(13)15/h2-7,16-18H,1H3. The van der Waals surface area contributed by atoms with Gasteiger partial charge in [0, 0.05) is 6.07 Å². The molecule has 0 aliphatic rings. The maximum atomic E-state index is 12.4. The predicted octanol–water partition coefficient (Wildman–Crippen LogP) is 2.98. The molecule has 0 saturated heterocycles. The van der Waals surface area contributed by atoms with Gasteiger partial charge in [-0.15, -0.1) is 0 Å². The van der Waals surface area contributed by atoms with Crippen LogP contribution in [0.1, 0.15) is 0 Å². The number of nitrogens with one attached hydrogen (secondary N) is 2. The Morgan fingerprint density at radius 2 is 1.62 bits per heavy atom. The molecule has 11 heteroatoms. The molecule has 0 spiro atoms. The third-order valence-electron chi connectivity index (χ3n) is 2.71. The normalized spacial score (nSPS) is 12.0. The zero-order valence-electron chi connectivity index (χ0n) is 12.1. The minimum Gasteiger partial charge on any atom is -0.507 e. The van der Waals surface area contributed by atoms with Gasteiger partial charge in [0.25, 0.3) is 10.0 Å². The van der Waals surface area contributed by atoms with Crippen LogP contribution in [-0.2, 0) is 20.0 Å². The molecular formula is C13H12BrClN2O5S2. The summed E-state index contributed by atoms with van der Waals surface area (Å²) in [5.41, 5.74) is 0.324. The highest BCUT2D eigenvalue weighted by Crippen LogP contribution is 2.33. The van der Waals surface area contributed by atoms with E-state index in [-0.39, 0.29) is 31.5 Å². The Bertz CT molecular complexity index is 993. The van der Waals surface area contributed by atoms with Crippen molar-refractivity contribution in [2.75, 3.05) is 15.7 Å². The van der Waals surface area contributed by atoms with E-state index >= 15 is 0 Å². The quantitative estimate of drug-likeness (QED) is 0.641. The summed E-state index contributed by atoms with van der Waals surface area (Å²) >= 11 is 8.96. The fraction of sp³-hybridized carbons (Fsp3) is 0.0769. The molecule has 0 unspecified atom stereocenters. The minimum atomic E-state index is -4.08. The minimum absolute atomic E-state index is 0.0856. The van der Waals surface area contributed by atoms with Gasteiger partial charge in [-0.25, -0.2) is 16.8 Å². The summed E-state index contributed by atoms with van der Waals surface area (Å²) in [6, 6.07) is 7.96. The predicted molar refractivity (Wildman–Crippen MR) is 96.5 cm³/mol. The Morgan fingerprint density at radius 3 is 2.21 bits per heavy atom. The zero-order valence-corrected chi connectivity index (χ0v) is 16.1. The van der Waals surface area contributed by atoms with Crippen molar-refractivity contribution in [1.82, 2.24) is 0 Å². The van der Waals surface area contributed by atoms with E-state index in [4.69, 9.17) is 11.6 Å². The summed E-state index contributed by atoms with van der Waals surface area (Å²) in [6.07, 6.45) is 0.980. The van der Waals surface area contributed by atoms with Crippen molar-refractivity contribution in [2.24, 2.45) is 0 Å². The van der Waals surface area contributed by atoms with Crippen molar-refractivity contribution in [3.8, 4) is 5.75 Å². The summed E-state index contributed by atoms with van der Waals surface area (Å²) in [7, 11) is -7.58. The van der Waals surface area contributed by atoms with Crippen LogP contribution in [0.3, 0.4) is 0 Å². The van der Waals surface area contributed by atoms with Crippen molar-refractivity contribution in [2.45, 2.75) is 4.90 Å². The average molecular weight is 456 g/mol. The van der Waals surface area contributed by atoms with Gasteiger partial charge < -0.3 is 5.11 Å². The van der Waals surface area contributed by atoms with Crippen LogP contribution in [0.15, 0.2) is 45.8 Å². The number of aromatic hydroxyl groups is 1. The molecule has 0 aliphatic carbocycles. The van der Waals surface area contributed by atoms with E-state index in [1.807, 2.05) is 0 Å². The summed E-state index contributed by atoms with van der Waals surface area (Å²) < 4.78 is 52.1. The van der Waals surface area contributed by atoms with Gasteiger partial charge in [0.05, 0.1) is 27.1 Å². The van der Waals surface area contributed by atoms with Gasteiger partial charge in [-0.3, -0.25) is 9.44 Å². The smallest absolute Gasteiger partial charge is 0.263 e. The number of phenols is 1. The number of phenolic OH excluding ortho intramolecular Hbond substituents is 1. The number of benzene rings is 2. The molecule has 2 rings (SSSR count). The molecule has 0 atom stereocenters. The maximum absolute atomic E-state index is 12.4. The third kappa shape index (κ3) is 4.76. The molecule has 0 heterocycles. The van der Waals surface area contributed by atoms with Crippen LogP contribution in [0, 0.1) is 0 Å². The first kappa shape index (κ1) is 18.8. The van der Waals surface area contributed by atoms with Crippen LogP contribution < -0.4 is 9.44 Å². The second kappa shape index (κ2) is 6.79. The Hall–Kier alpha value is -1.49. The van der Waals surface area contributed by atoms with E-state index in [0.717, 1.165) is 12.3 Å². The monoisotopic (exact) mass is 454 g/mol. The van der Waals surface area contributed by atoms with Crippen LogP contribution in [0.25, 0.3) is 0 Å². The van der Waals surface area contributed by atoms with Gasteiger partial charge in [0.1, 0.15) is 10.6 Å². The van der Waals surface area contributed by atoms with E-state index in [1.165, 1.54) is 30.3 Å². The second-order valence-corrected chi connectivity index (χ2v) is 9.46. The van der Waals surface area contributed by atoms with Crippen molar-refractivity contribution in [1.29, 1.82) is 0 Å². The van der Waals surface area contributed by atoms with Gasteiger partial charge in [-0.05, 0) is 40.2 Å². The Morgan fingerprint density at radius 1 is 1.04 bits per heavy atom. The molecule has 2 aromatic carbocycles. The van der Waals surface area contributed by atoms with Crippen molar-refractivity contribution < 1.29 is 21.9 Å². The van der Waals surface area contributed by atoms with Crippen molar-refractivity contribution in [3.05, 3.63) is 45.9 Å². The molecule has 0 aromatic heterocycles. The molecule has 0 fully saturated rings. The molecule has 0 aliphatic heterocycles. The number of halogens is 2. The van der Waals surface area contributed by atoms with Crippen molar-refractivity contribution in [3.63, 3.8) is 0 Å².